The van der Waals surface area contributed by atoms with Gasteiger partial charge in [0.25, 0.3) is 5.91 Å². The molecule has 0 radical (unpaired) electrons. The van der Waals surface area contributed by atoms with Gasteiger partial charge in [-0.25, -0.2) is 4.39 Å². The van der Waals surface area contributed by atoms with Crippen LogP contribution in [-0.2, 0) is 0 Å². The number of ketones is 1. The normalized spacial score (nSPS) is 16.2. The molecular weight excluding hydrogens is 405 g/mol. The standard InChI is InChI=1S/C27H24FNO3/c1-16-5-3-6-22(28)25(16)26(31)29-19-9-7-18(8-10-19)20-14-24-21(13-17(20)2)23(30)15-27(32-24)11-4-12-27/h3,5-10,13-14H,4,11-12,15H2,1-2H3,(H,29,31). The lowest BCUT2D eigenvalue weighted by Crippen LogP contribution is -2.47. The minimum atomic E-state index is -0.539. The van der Waals surface area contributed by atoms with E-state index in [4.69, 9.17) is 4.74 Å². The number of aryl methyl sites for hydroxylation is 2. The Morgan fingerprint density at radius 3 is 2.41 bits per heavy atom. The third-order valence-electron chi connectivity index (χ3n) is 6.60. The minimum absolute atomic E-state index is 0.0499. The average molecular weight is 429 g/mol. The molecule has 3 aromatic carbocycles. The fourth-order valence-corrected chi connectivity index (χ4v) is 4.65. The second-order valence-electron chi connectivity index (χ2n) is 8.87. The predicted octanol–water partition coefficient (Wildman–Crippen LogP) is 6.25. The molecule has 1 amide bonds. The molecule has 0 bridgehead atoms. The van der Waals surface area contributed by atoms with E-state index >= 15 is 0 Å². The third-order valence-corrected chi connectivity index (χ3v) is 6.60. The zero-order valence-electron chi connectivity index (χ0n) is 18.1. The monoisotopic (exact) mass is 429 g/mol. The summed E-state index contributed by atoms with van der Waals surface area (Å²) in [6.45, 7) is 3.69. The maximum atomic E-state index is 14.1. The van der Waals surface area contributed by atoms with Crippen molar-refractivity contribution in [3.8, 4) is 16.9 Å². The van der Waals surface area contributed by atoms with E-state index in [2.05, 4.69) is 5.32 Å². The van der Waals surface area contributed by atoms with Crippen LogP contribution in [0.15, 0.2) is 54.6 Å². The Bertz CT molecular complexity index is 1220. The summed E-state index contributed by atoms with van der Waals surface area (Å²) in [7, 11) is 0. The van der Waals surface area contributed by atoms with Gasteiger partial charge in [-0.15, -0.1) is 0 Å². The number of benzene rings is 3. The number of hydrogen-bond donors (Lipinski definition) is 1. The number of anilines is 1. The Morgan fingerprint density at radius 2 is 1.75 bits per heavy atom. The molecule has 1 saturated carbocycles. The quantitative estimate of drug-likeness (QED) is 0.535. The molecular formula is C27H24FNO3. The number of amides is 1. The number of nitrogens with one attached hydrogen (secondary N) is 1. The van der Waals surface area contributed by atoms with E-state index in [1.54, 1.807) is 31.2 Å². The molecule has 5 heteroatoms. The third kappa shape index (κ3) is 3.48. The minimum Gasteiger partial charge on any atom is -0.486 e. The predicted molar refractivity (Wildman–Crippen MR) is 122 cm³/mol. The molecule has 1 aliphatic heterocycles. The summed E-state index contributed by atoms with van der Waals surface area (Å²) in [6.07, 6.45) is 3.42. The van der Waals surface area contributed by atoms with E-state index in [0.717, 1.165) is 36.0 Å². The largest absolute Gasteiger partial charge is 0.486 e. The molecule has 0 saturated heterocycles. The molecule has 4 nitrogen and oxygen atoms in total. The first kappa shape index (κ1) is 20.4. The van der Waals surface area contributed by atoms with Gasteiger partial charge < -0.3 is 10.1 Å². The Hall–Kier alpha value is -3.47. The van der Waals surface area contributed by atoms with E-state index in [9.17, 15) is 14.0 Å². The number of ether oxygens (including phenoxy) is 1. The lowest BCUT2D eigenvalue weighted by Gasteiger charge is -2.44. The molecule has 1 aliphatic carbocycles. The number of carbonyl (C=O) groups is 2. The summed E-state index contributed by atoms with van der Waals surface area (Å²) >= 11 is 0. The fraction of sp³-hybridized carbons (Fsp3) is 0.259. The van der Waals surface area contributed by atoms with Crippen molar-refractivity contribution in [3.63, 3.8) is 0 Å². The second-order valence-corrected chi connectivity index (χ2v) is 8.87. The highest BCUT2D eigenvalue weighted by Gasteiger charge is 2.45. The number of Topliss-reactive ketones (excluding diaryl/α,β-unsaturated/α-hetero) is 1. The Morgan fingerprint density at radius 1 is 1.00 bits per heavy atom. The molecule has 0 aromatic heterocycles. The Kier molecular flexibility index (Phi) is 4.85. The Balaban J connectivity index is 1.40. The second kappa shape index (κ2) is 7.59. The van der Waals surface area contributed by atoms with Gasteiger partial charge >= 0.3 is 0 Å². The van der Waals surface area contributed by atoms with Crippen LogP contribution in [0.2, 0.25) is 0 Å². The molecule has 1 heterocycles. The molecule has 0 unspecified atom stereocenters. The van der Waals surface area contributed by atoms with Gasteiger partial charge in [0, 0.05) is 5.69 Å². The topological polar surface area (TPSA) is 55.4 Å². The van der Waals surface area contributed by atoms with Crippen LogP contribution in [0.1, 0.15) is 57.5 Å². The van der Waals surface area contributed by atoms with Crippen LogP contribution >= 0.6 is 0 Å². The molecule has 2 aliphatic rings. The van der Waals surface area contributed by atoms with Gasteiger partial charge in [0.05, 0.1) is 17.5 Å². The maximum Gasteiger partial charge on any atom is 0.258 e. The van der Waals surface area contributed by atoms with Crippen molar-refractivity contribution in [2.45, 2.75) is 45.1 Å². The highest BCUT2D eigenvalue weighted by atomic mass is 19.1. The summed E-state index contributed by atoms with van der Waals surface area (Å²) < 4.78 is 20.4. The number of hydrogen-bond acceptors (Lipinski definition) is 3. The first-order valence-corrected chi connectivity index (χ1v) is 10.9. The fourth-order valence-electron chi connectivity index (χ4n) is 4.65. The van der Waals surface area contributed by atoms with E-state index in [1.165, 1.54) is 6.07 Å². The van der Waals surface area contributed by atoms with Crippen LogP contribution in [0.3, 0.4) is 0 Å². The van der Waals surface area contributed by atoms with Crippen LogP contribution in [0, 0.1) is 19.7 Å². The summed E-state index contributed by atoms with van der Waals surface area (Å²) in [6, 6.07) is 15.8. The van der Waals surface area contributed by atoms with Gasteiger partial charge in [-0.3, -0.25) is 9.59 Å². The van der Waals surface area contributed by atoms with Gasteiger partial charge in [0.1, 0.15) is 17.2 Å². The van der Waals surface area contributed by atoms with Crippen LogP contribution in [-0.4, -0.2) is 17.3 Å². The highest BCUT2D eigenvalue weighted by molar-refractivity contribution is 6.05. The Labute approximate surface area is 186 Å². The number of carbonyl (C=O) groups excluding carboxylic acids is 2. The van der Waals surface area contributed by atoms with Crippen molar-refractivity contribution in [2.24, 2.45) is 0 Å². The molecule has 5 rings (SSSR count). The van der Waals surface area contributed by atoms with Crippen LogP contribution in [0.25, 0.3) is 11.1 Å². The first-order valence-electron chi connectivity index (χ1n) is 10.9. The van der Waals surface area contributed by atoms with E-state index < -0.39 is 11.7 Å². The molecule has 3 aromatic rings. The van der Waals surface area contributed by atoms with E-state index in [-0.39, 0.29) is 16.9 Å². The van der Waals surface area contributed by atoms with E-state index in [0.29, 0.717) is 29.0 Å². The maximum absolute atomic E-state index is 14.1. The van der Waals surface area contributed by atoms with Crippen molar-refractivity contribution in [1.82, 2.24) is 0 Å². The van der Waals surface area contributed by atoms with Crippen molar-refractivity contribution in [1.29, 1.82) is 0 Å². The molecule has 0 atom stereocenters. The van der Waals surface area contributed by atoms with E-state index in [1.807, 2.05) is 31.2 Å². The number of rotatable bonds is 3. The van der Waals surface area contributed by atoms with Crippen LogP contribution in [0.5, 0.6) is 5.75 Å². The summed E-state index contributed by atoms with van der Waals surface area (Å²) in [5.41, 5.74) is 4.49. The molecule has 32 heavy (non-hydrogen) atoms. The van der Waals surface area contributed by atoms with Crippen molar-refractivity contribution >= 4 is 17.4 Å². The molecule has 1 N–H and O–H groups in total. The lowest BCUT2D eigenvalue weighted by atomic mass is 9.74. The van der Waals surface area contributed by atoms with Gasteiger partial charge in [0.2, 0.25) is 0 Å². The number of fused-ring (bicyclic) bond motifs is 1. The first-order chi connectivity index (χ1) is 15.3. The van der Waals surface area contributed by atoms with Gasteiger partial charge in [-0.05, 0) is 85.7 Å². The van der Waals surface area contributed by atoms with Gasteiger partial charge in [-0.2, -0.15) is 0 Å². The zero-order chi connectivity index (χ0) is 22.5. The highest BCUT2D eigenvalue weighted by Crippen LogP contribution is 2.46. The summed E-state index contributed by atoms with van der Waals surface area (Å²) in [4.78, 5) is 25.2. The molecule has 162 valence electrons. The molecule has 1 spiro atoms. The van der Waals surface area contributed by atoms with Crippen molar-refractivity contribution in [3.05, 3.63) is 82.7 Å². The zero-order valence-corrected chi connectivity index (χ0v) is 18.1. The SMILES string of the molecule is Cc1cc2c(cc1-c1ccc(NC(=O)c3c(C)cccc3F)cc1)OC1(CCC1)CC2=O. The van der Waals surface area contributed by atoms with Gasteiger partial charge in [0.15, 0.2) is 5.78 Å². The number of halogens is 1. The summed E-state index contributed by atoms with van der Waals surface area (Å²) in [5.74, 6) is -0.199. The van der Waals surface area contributed by atoms with Gasteiger partial charge in [-0.1, -0.05) is 24.3 Å². The average Bonchev–Trinajstić information content (AvgIpc) is 2.73. The molecule has 1 fully saturated rings. The lowest BCUT2D eigenvalue weighted by molar-refractivity contribution is -0.0177. The van der Waals surface area contributed by atoms with Crippen LogP contribution in [0.4, 0.5) is 10.1 Å². The smallest absolute Gasteiger partial charge is 0.258 e. The van der Waals surface area contributed by atoms with Crippen molar-refractivity contribution in [2.75, 3.05) is 5.32 Å². The summed E-state index contributed by atoms with van der Waals surface area (Å²) in [5, 5.41) is 2.77. The van der Waals surface area contributed by atoms with Crippen molar-refractivity contribution < 1.29 is 18.7 Å². The van der Waals surface area contributed by atoms with Crippen LogP contribution < -0.4 is 10.1 Å².